The molecule has 1 amide bonds. The number of aliphatic imine (C=N–C) groups is 1. The van der Waals surface area contributed by atoms with Gasteiger partial charge in [0, 0.05) is 17.7 Å². The lowest BCUT2D eigenvalue weighted by atomic mass is 10.2. The van der Waals surface area contributed by atoms with Crippen LogP contribution in [-0.2, 0) is 14.8 Å². The number of sulfonamides is 1. The Hall–Kier alpha value is -3.33. The van der Waals surface area contributed by atoms with E-state index in [4.69, 9.17) is 0 Å². The van der Waals surface area contributed by atoms with Crippen LogP contribution in [0.1, 0.15) is 11.1 Å². The molecule has 0 unspecified atom stereocenters. The number of fused-ring (bicyclic) bond motifs is 3. The topological polar surface area (TPSA) is 110 Å². The molecule has 0 spiro atoms. The fourth-order valence-corrected chi connectivity index (χ4v) is 4.28. The number of hydrogen-bond donors (Lipinski definition) is 0. The molecule has 0 saturated heterocycles. The number of hydrogen-bond acceptors (Lipinski definition) is 6. The molecule has 2 aliphatic rings. The van der Waals surface area contributed by atoms with Crippen LogP contribution in [0.4, 0.5) is 5.69 Å². The van der Waals surface area contributed by atoms with Gasteiger partial charge < -0.3 is 0 Å². The summed E-state index contributed by atoms with van der Waals surface area (Å²) in [6.45, 7) is 0. The second-order valence-electron chi connectivity index (χ2n) is 5.38. The van der Waals surface area contributed by atoms with E-state index in [9.17, 15) is 23.3 Å². The van der Waals surface area contributed by atoms with Gasteiger partial charge in [0.2, 0.25) is 0 Å². The van der Waals surface area contributed by atoms with Gasteiger partial charge in [0.1, 0.15) is 5.70 Å². The molecule has 124 valence electrons. The molecule has 25 heavy (non-hydrogen) atoms. The van der Waals surface area contributed by atoms with Crippen LogP contribution in [0.3, 0.4) is 0 Å². The van der Waals surface area contributed by atoms with Crippen molar-refractivity contribution >= 4 is 33.5 Å². The molecule has 0 aliphatic carbocycles. The van der Waals surface area contributed by atoms with E-state index < -0.39 is 20.9 Å². The summed E-state index contributed by atoms with van der Waals surface area (Å²) in [6.07, 6.45) is 1.40. The van der Waals surface area contributed by atoms with Crippen LogP contribution in [0.5, 0.6) is 0 Å². The molecule has 0 atom stereocenters. The molecular formula is C16H9N3O5S. The van der Waals surface area contributed by atoms with Crippen molar-refractivity contribution in [3.8, 4) is 0 Å². The van der Waals surface area contributed by atoms with Crippen molar-refractivity contribution < 1.29 is 18.1 Å². The summed E-state index contributed by atoms with van der Waals surface area (Å²) in [5.41, 5.74) is 0.762. The highest BCUT2D eigenvalue weighted by atomic mass is 32.2. The van der Waals surface area contributed by atoms with Crippen LogP contribution in [0, 0.1) is 10.1 Å². The Balaban J connectivity index is 1.79. The third kappa shape index (κ3) is 2.17. The SMILES string of the molecule is O=C1/C(=C\c2ccc([N+](=O)[O-])cc2)N=C2c3ccccc3S(=O)(=O)N12. The summed E-state index contributed by atoms with van der Waals surface area (Å²) < 4.78 is 25.7. The Morgan fingerprint density at radius 2 is 1.76 bits per heavy atom. The van der Waals surface area contributed by atoms with E-state index in [1.807, 2.05) is 0 Å². The van der Waals surface area contributed by atoms with Gasteiger partial charge in [-0.1, -0.05) is 12.1 Å². The van der Waals surface area contributed by atoms with E-state index in [-0.39, 0.29) is 22.1 Å². The Kier molecular flexibility index (Phi) is 3.09. The zero-order valence-corrected chi connectivity index (χ0v) is 13.3. The zero-order valence-electron chi connectivity index (χ0n) is 12.5. The van der Waals surface area contributed by atoms with Crippen LogP contribution in [-0.4, -0.2) is 29.4 Å². The molecular weight excluding hydrogens is 346 g/mol. The fourth-order valence-electron chi connectivity index (χ4n) is 2.72. The van der Waals surface area contributed by atoms with Crippen LogP contribution in [0.25, 0.3) is 6.08 Å². The third-order valence-corrected chi connectivity index (χ3v) is 5.61. The van der Waals surface area contributed by atoms with Crippen molar-refractivity contribution in [1.82, 2.24) is 4.31 Å². The smallest absolute Gasteiger partial charge is 0.266 e. The number of benzene rings is 2. The number of amides is 1. The Labute approximate surface area is 141 Å². The summed E-state index contributed by atoms with van der Waals surface area (Å²) >= 11 is 0. The highest BCUT2D eigenvalue weighted by Gasteiger charge is 2.48. The maximum Gasteiger partial charge on any atom is 0.292 e. The molecule has 0 fully saturated rings. The highest BCUT2D eigenvalue weighted by Crippen LogP contribution is 2.36. The minimum Gasteiger partial charge on any atom is -0.266 e. The predicted molar refractivity (Wildman–Crippen MR) is 88.1 cm³/mol. The number of amidine groups is 1. The van der Waals surface area contributed by atoms with Gasteiger partial charge in [0.05, 0.1) is 9.82 Å². The second-order valence-corrected chi connectivity index (χ2v) is 7.14. The second kappa shape index (κ2) is 5.08. The van der Waals surface area contributed by atoms with Gasteiger partial charge in [0.25, 0.3) is 21.6 Å². The molecule has 0 N–H and O–H groups in total. The number of nitro groups is 1. The maximum absolute atomic E-state index is 12.5. The Morgan fingerprint density at radius 1 is 1.08 bits per heavy atom. The maximum atomic E-state index is 12.5. The van der Waals surface area contributed by atoms with Gasteiger partial charge in [0.15, 0.2) is 5.84 Å². The summed E-state index contributed by atoms with van der Waals surface area (Å²) in [5.74, 6) is -0.668. The largest absolute Gasteiger partial charge is 0.292 e. The van der Waals surface area contributed by atoms with Crippen LogP contribution in [0.15, 0.2) is 64.1 Å². The third-order valence-electron chi connectivity index (χ3n) is 3.88. The van der Waals surface area contributed by atoms with Gasteiger partial charge >= 0.3 is 0 Å². The number of nitrogens with zero attached hydrogens (tertiary/aromatic N) is 3. The Morgan fingerprint density at radius 3 is 2.44 bits per heavy atom. The predicted octanol–water partition coefficient (Wildman–Crippen LogP) is 1.93. The van der Waals surface area contributed by atoms with Crippen molar-refractivity contribution in [2.24, 2.45) is 4.99 Å². The minimum atomic E-state index is -3.95. The first-order valence-electron chi connectivity index (χ1n) is 7.13. The molecule has 2 aromatic rings. The summed E-state index contributed by atoms with van der Waals surface area (Å²) in [7, 11) is -3.95. The van der Waals surface area contributed by atoms with Crippen molar-refractivity contribution in [2.45, 2.75) is 4.90 Å². The first-order valence-corrected chi connectivity index (χ1v) is 8.57. The average molecular weight is 355 g/mol. The quantitative estimate of drug-likeness (QED) is 0.464. The first kappa shape index (κ1) is 15.2. The van der Waals surface area contributed by atoms with Crippen molar-refractivity contribution in [2.75, 3.05) is 0 Å². The van der Waals surface area contributed by atoms with Crippen molar-refractivity contribution in [3.63, 3.8) is 0 Å². The molecule has 0 saturated carbocycles. The molecule has 2 aromatic carbocycles. The highest BCUT2D eigenvalue weighted by molar-refractivity contribution is 7.91. The average Bonchev–Trinajstić information content (AvgIpc) is 3.03. The van der Waals surface area contributed by atoms with E-state index in [0.29, 0.717) is 15.4 Å². The molecule has 0 radical (unpaired) electrons. The lowest BCUT2D eigenvalue weighted by molar-refractivity contribution is -0.384. The minimum absolute atomic E-state index is 0.0399. The molecule has 0 aromatic heterocycles. The van der Waals surface area contributed by atoms with Crippen molar-refractivity contribution in [1.29, 1.82) is 0 Å². The van der Waals surface area contributed by atoms with Crippen LogP contribution in [0.2, 0.25) is 0 Å². The zero-order chi connectivity index (χ0) is 17.8. The van der Waals surface area contributed by atoms with E-state index in [2.05, 4.69) is 4.99 Å². The normalized spacial score (nSPS) is 18.9. The monoisotopic (exact) mass is 355 g/mol. The van der Waals surface area contributed by atoms with Gasteiger partial charge in [-0.3, -0.25) is 14.9 Å². The molecule has 8 nitrogen and oxygen atoms in total. The molecule has 0 bridgehead atoms. The van der Waals surface area contributed by atoms with E-state index >= 15 is 0 Å². The number of rotatable bonds is 2. The van der Waals surface area contributed by atoms with Gasteiger partial charge in [-0.2, -0.15) is 4.31 Å². The van der Waals surface area contributed by atoms with E-state index in [1.165, 1.54) is 36.4 Å². The summed E-state index contributed by atoms with van der Waals surface area (Å²) in [4.78, 5) is 26.9. The number of carbonyl (C=O) groups excluding carboxylic acids is 1. The van der Waals surface area contributed by atoms with E-state index in [1.54, 1.807) is 18.2 Å². The standard InChI is InChI=1S/C16H9N3O5S/c20-16-13(9-10-5-7-11(8-6-10)19(21)22)17-15-12-3-1-2-4-14(12)25(23,24)18(15)16/h1-9H/b13-9+. The molecule has 9 heteroatoms. The van der Waals surface area contributed by atoms with E-state index in [0.717, 1.165) is 0 Å². The number of non-ortho nitro benzene ring substituents is 1. The molecule has 2 heterocycles. The summed E-state index contributed by atoms with van der Waals surface area (Å²) in [5, 5.41) is 10.7. The number of carbonyl (C=O) groups is 1. The Bertz CT molecular complexity index is 1100. The van der Waals surface area contributed by atoms with Gasteiger partial charge in [-0.15, -0.1) is 0 Å². The first-order chi connectivity index (χ1) is 11.9. The number of nitro benzene ring substituents is 1. The summed E-state index contributed by atoms with van der Waals surface area (Å²) in [6, 6.07) is 11.8. The molecule has 2 aliphatic heterocycles. The van der Waals surface area contributed by atoms with Crippen molar-refractivity contribution in [3.05, 3.63) is 75.5 Å². The van der Waals surface area contributed by atoms with Gasteiger partial charge in [-0.25, -0.2) is 13.4 Å². The lowest BCUT2D eigenvalue weighted by Gasteiger charge is -2.08. The van der Waals surface area contributed by atoms with Crippen LogP contribution >= 0.6 is 0 Å². The fraction of sp³-hybridized carbons (Fsp3) is 0. The lowest BCUT2D eigenvalue weighted by Crippen LogP contribution is -2.32. The molecule has 4 rings (SSSR count). The van der Waals surface area contributed by atoms with Crippen LogP contribution < -0.4 is 0 Å². The van der Waals surface area contributed by atoms with Gasteiger partial charge in [-0.05, 0) is 35.9 Å².